The van der Waals surface area contributed by atoms with Crippen LogP contribution in [0.1, 0.15) is 19.3 Å². The number of aliphatic hydroxyl groups excluding tert-OH is 1. The van der Waals surface area contributed by atoms with Crippen LogP contribution in [0.3, 0.4) is 0 Å². The Hall–Kier alpha value is -0.540. The van der Waals surface area contributed by atoms with Crippen LogP contribution in [0, 0.1) is 0 Å². The fourth-order valence-electron chi connectivity index (χ4n) is 1.18. The summed E-state index contributed by atoms with van der Waals surface area (Å²) in [6.45, 7) is 1.30. The zero-order chi connectivity index (χ0) is 8.81. The highest BCUT2D eigenvalue weighted by Gasteiger charge is 2.13. The van der Waals surface area contributed by atoms with E-state index in [0.717, 1.165) is 25.2 Å². The highest BCUT2D eigenvalue weighted by Crippen LogP contribution is 2.15. The highest BCUT2D eigenvalue weighted by molar-refractivity contribution is 5.01. The maximum absolute atomic E-state index is 9.53. The largest absolute Gasteiger partial charge is 0.496 e. The highest BCUT2D eigenvalue weighted by atomic mass is 16.5. The number of rotatable bonds is 4. The van der Waals surface area contributed by atoms with Gasteiger partial charge in [0.1, 0.15) is 11.9 Å². The van der Waals surface area contributed by atoms with Crippen LogP contribution in [-0.2, 0) is 9.47 Å². The SMILES string of the molecule is COCCC(O)C1=CCCCO1. The average Bonchev–Trinajstić information content (AvgIpc) is 2.15. The van der Waals surface area contributed by atoms with Crippen LogP contribution in [0.15, 0.2) is 11.8 Å². The Balaban J connectivity index is 2.29. The zero-order valence-electron chi connectivity index (χ0n) is 7.45. The number of methoxy groups -OCH3 is 1. The Morgan fingerprint density at radius 2 is 2.58 bits per heavy atom. The lowest BCUT2D eigenvalue weighted by Gasteiger charge is -2.19. The van der Waals surface area contributed by atoms with Gasteiger partial charge in [-0.25, -0.2) is 0 Å². The second-order valence-electron chi connectivity index (χ2n) is 2.89. The number of allylic oxidation sites excluding steroid dienone is 1. The van der Waals surface area contributed by atoms with E-state index in [4.69, 9.17) is 9.47 Å². The Morgan fingerprint density at radius 3 is 3.17 bits per heavy atom. The molecule has 3 heteroatoms. The van der Waals surface area contributed by atoms with Gasteiger partial charge in [0.2, 0.25) is 0 Å². The van der Waals surface area contributed by atoms with Gasteiger partial charge >= 0.3 is 0 Å². The van der Waals surface area contributed by atoms with Crippen LogP contribution < -0.4 is 0 Å². The Labute approximate surface area is 73.0 Å². The quantitative estimate of drug-likeness (QED) is 0.689. The molecule has 0 aliphatic carbocycles. The molecule has 0 spiro atoms. The molecule has 0 aromatic rings. The Kier molecular flexibility index (Phi) is 4.11. The molecule has 0 aromatic heterocycles. The Bertz CT molecular complexity index is 154. The van der Waals surface area contributed by atoms with Gasteiger partial charge < -0.3 is 14.6 Å². The molecule has 1 aliphatic heterocycles. The van der Waals surface area contributed by atoms with Crippen molar-refractivity contribution in [2.45, 2.75) is 25.4 Å². The first-order valence-electron chi connectivity index (χ1n) is 4.34. The molecule has 0 saturated carbocycles. The summed E-state index contributed by atoms with van der Waals surface area (Å²) >= 11 is 0. The monoisotopic (exact) mass is 172 g/mol. The van der Waals surface area contributed by atoms with E-state index in [1.807, 2.05) is 6.08 Å². The van der Waals surface area contributed by atoms with Crippen LogP contribution in [0.4, 0.5) is 0 Å². The van der Waals surface area contributed by atoms with Crippen molar-refractivity contribution in [3.05, 3.63) is 11.8 Å². The van der Waals surface area contributed by atoms with Crippen LogP contribution in [0.25, 0.3) is 0 Å². The van der Waals surface area contributed by atoms with Gasteiger partial charge in [-0.1, -0.05) is 0 Å². The molecule has 0 radical (unpaired) electrons. The van der Waals surface area contributed by atoms with Gasteiger partial charge in [-0.2, -0.15) is 0 Å². The minimum atomic E-state index is -0.481. The summed E-state index contributed by atoms with van der Waals surface area (Å²) in [5, 5.41) is 9.53. The molecule has 3 nitrogen and oxygen atoms in total. The third-order valence-electron chi connectivity index (χ3n) is 1.89. The maximum atomic E-state index is 9.53. The predicted octanol–water partition coefficient (Wildman–Crippen LogP) is 1.08. The zero-order valence-corrected chi connectivity index (χ0v) is 7.45. The lowest BCUT2D eigenvalue weighted by molar-refractivity contribution is 0.0662. The molecule has 1 N–H and O–H groups in total. The second kappa shape index (κ2) is 5.17. The van der Waals surface area contributed by atoms with Gasteiger partial charge in [-0.05, 0) is 18.9 Å². The average molecular weight is 172 g/mol. The summed E-state index contributed by atoms with van der Waals surface area (Å²) in [6.07, 6.45) is 4.16. The van der Waals surface area contributed by atoms with Crippen molar-refractivity contribution in [2.75, 3.05) is 20.3 Å². The molecule has 12 heavy (non-hydrogen) atoms. The fraction of sp³-hybridized carbons (Fsp3) is 0.778. The van der Waals surface area contributed by atoms with Crippen molar-refractivity contribution < 1.29 is 14.6 Å². The number of hydrogen-bond acceptors (Lipinski definition) is 3. The molecule has 1 rings (SSSR count). The van der Waals surface area contributed by atoms with Crippen molar-refractivity contribution in [2.24, 2.45) is 0 Å². The van der Waals surface area contributed by atoms with Gasteiger partial charge in [-0.15, -0.1) is 0 Å². The molecule has 70 valence electrons. The molecule has 1 unspecified atom stereocenters. The minimum absolute atomic E-state index is 0.481. The first-order chi connectivity index (χ1) is 5.84. The molecule has 0 bridgehead atoms. The summed E-state index contributed by atoms with van der Waals surface area (Å²) in [5.74, 6) is 0.721. The van der Waals surface area contributed by atoms with Crippen molar-refractivity contribution in [1.29, 1.82) is 0 Å². The predicted molar refractivity (Wildman–Crippen MR) is 45.8 cm³/mol. The minimum Gasteiger partial charge on any atom is -0.496 e. The molecule has 0 fully saturated rings. The summed E-state index contributed by atoms with van der Waals surface area (Å²) < 4.78 is 10.2. The standard InChI is InChI=1S/C9H16O3/c1-11-7-5-8(10)9-4-2-3-6-12-9/h4,8,10H,2-3,5-7H2,1H3. The number of hydrogen-bond donors (Lipinski definition) is 1. The Morgan fingerprint density at radius 1 is 1.75 bits per heavy atom. The van der Waals surface area contributed by atoms with E-state index in [9.17, 15) is 5.11 Å². The van der Waals surface area contributed by atoms with Crippen LogP contribution >= 0.6 is 0 Å². The van der Waals surface area contributed by atoms with Gasteiger partial charge in [0.05, 0.1) is 6.61 Å². The molecular formula is C9H16O3. The van der Waals surface area contributed by atoms with E-state index in [0.29, 0.717) is 13.0 Å². The van der Waals surface area contributed by atoms with Crippen molar-refractivity contribution >= 4 is 0 Å². The van der Waals surface area contributed by atoms with E-state index in [2.05, 4.69) is 0 Å². The van der Waals surface area contributed by atoms with Gasteiger partial charge in [0.15, 0.2) is 0 Å². The molecule has 0 amide bonds. The van der Waals surface area contributed by atoms with Crippen LogP contribution in [0.5, 0.6) is 0 Å². The van der Waals surface area contributed by atoms with Crippen molar-refractivity contribution in [3.63, 3.8) is 0 Å². The van der Waals surface area contributed by atoms with E-state index in [-0.39, 0.29) is 0 Å². The maximum Gasteiger partial charge on any atom is 0.121 e. The third-order valence-corrected chi connectivity index (χ3v) is 1.89. The number of ether oxygens (including phenoxy) is 2. The molecule has 0 aromatic carbocycles. The fourth-order valence-corrected chi connectivity index (χ4v) is 1.18. The smallest absolute Gasteiger partial charge is 0.121 e. The first kappa shape index (κ1) is 9.55. The molecule has 1 atom stereocenters. The van der Waals surface area contributed by atoms with Crippen molar-refractivity contribution in [1.82, 2.24) is 0 Å². The summed E-state index contributed by atoms with van der Waals surface area (Å²) in [5.41, 5.74) is 0. The lowest BCUT2D eigenvalue weighted by Crippen LogP contribution is -2.17. The van der Waals surface area contributed by atoms with Gasteiger partial charge in [-0.3, -0.25) is 0 Å². The second-order valence-corrected chi connectivity index (χ2v) is 2.89. The van der Waals surface area contributed by atoms with Crippen LogP contribution in [0.2, 0.25) is 0 Å². The molecule has 1 heterocycles. The van der Waals surface area contributed by atoms with E-state index in [1.54, 1.807) is 7.11 Å². The topological polar surface area (TPSA) is 38.7 Å². The van der Waals surface area contributed by atoms with Crippen LogP contribution in [-0.4, -0.2) is 31.5 Å². The summed E-state index contributed by atoms with van der Waals surface area (Å²) in [6, 6.07) is 0. The summed E-state index contributed by atoms with van der Waals surface area (Å²) in [7, 11) is 1.63. The van der Waals surface area contributed by atoms with E-state index in [1.165, 1.54) is 0 Å². The molecular weight excluding hydrogens is 156 g/mol. The van der Waals surface area contributed by atoms with E-state index < -0.39 is 6.10 Å². The molecule has 1 aliphatic rings. The lowest BCUT2D eigenvalue weighted by atomic mass is 10.1. The van der Waals surface area contributed by atoms with Gasteiger partial charge in [0.25, 0.3) is 0 Å². The third kappa shape index (κ3) is 2.83. The molecule has 0 saturated heterocycles. The summed E-state index contributed by atoms with van der Waals surface area (Å²) in [4.78, 5) is 0. The first-order valence-corrected chi connectivity index (χ1v) is 4.34. The normalized spacial score (nSPS) is 19.7. The van der Waals surface area contributed by atoms with Gasteiger partial charge in [0, 0.05) is 20.1 Å². The van der Waals surface area contributed by atoms with Crippen molar-refractivity contribution in [3.8, 4) is 0 Å². The van der Waals surface area contributed by atoms with E-state index >= 15 is 0 Å². The number of aliphatic hydroxyl groups is 1.